The van der Waals surface area contributed by atoms with Crippen LogP contribution in [0.15, 0.2) is 18.2 Å². The van der Waals surface area contributed by atoms with Crippen LogP contribution in [0.25, 0.3) is 0 Å². The van der Waals surface area contributed by atoms with E-state index in [-0.39, 0.29) is 47.3 Å². The number of benzene rings is 2. The number of carbonyl (C=O) groups is 2. The molecule has 4 N–H and O–H groups in total. The van der Waals surface area contributed by atoms with Gasteiger partial charge in [-0.3, -0.25) is 9.59 Å². The molecule has 0 spiro atoms. The lowest BCUT2D eigenvalue weighted by Gasteiger charge is -2.37. The number of ether oxygens (including phenoxy) is 1. The molecule has 0 aromatic heterocycles. The van der Waals surface area contributed by atoms with Gasteiger partial charge in [0.05, 0.1) is 39.5 Å². The van der Waals surface area contributed by atoms with Gasteiger partial charge in [0.15, 0.2) is 5.78 Å². The number of phenols is 2. The van der Waals surface area contributed by atoms with Gasteiger partial charge in [-0.2, -0.15) is 0 Å². The molecule has 0 bridgehead atoms. The van der Waals surface area contributed by atoms with Crippen LogP contribution in [0.3, 0.4) is 0 Å². The highest BCUT2D eigenvalue weighted by Gasteiger charge is 2.44. The van der Waals surface area contributed by atoms with Crippen LogP contribution in [-0.2, 0) is 12.8 Å². The second kappa shape index (κ2) is 6.05. The van der Waals surface area contributed by atoms with Gasteiger partial charge in [0, 0.05) is 23.1 Å². The lowest BCUT2D eigenvalue weighted by atomic mass is 9.73. The number of ketones is 2. The number of aromatic hydroxyl groups is 2. The molecule has 2 aromatic carbocycles. The summed E-state index contributed by atoms with van der Waals surface area (Å²) < 4.78 is 26.8. The number of fused-ring (bicyclic) bond motifs is 3. The molecule has 0 amide bonds. The zero-order valence-electron chi connectivity index (χ0n) is 17.9. The highest BCUT2D eigenvalue weighted by Crippen LogP contribution is 2.48. The van der Waals surface area contributed by atoms with Crippen molar-refractivity contribution in [2.75, 3.05) is 7.04 Å². The number of aliphatic hydroxyl groups is 2. The molecular weight excluding hydrogens is 365 g/mol. The van der Waals surface area contributed by atoms with E-state index >= 15 is 0 Å². The summed E-state index contributed by atoms with van der Waals surface area (Å²) in [4.78, 5) is 26.5. The van der Waals surface area contributed by atoms with Crippen molar-refractivity contribution in [2.45, 2.75) is 37.9 Å². The zero-order chi connectivity index (χ0) is 22.9. The quantitative estimate of drug-likeness (QED) is 0.387. The van der Waals surface area contributed by atoms with Crippen molar-refractivity contribution < 1.29 is 38.9 Å². The molecule has 2 atom stereocenters. The molecule has 2 aliphatic rings. The summed E-state index contributed by atoms with van der Waals surface area (Å²) in [7, 11) is -2.87. The first-order chi connectivity index (χ1) is 14.4. The Morgan fingerprint density at radius 1 is 1.11 bits per heavy atom. The third-order valence-corrected chi connectivity index (χ3v) is 5.79. The summed E-state index contributed by atoms with van der Waals surface area (Å²) in [6.07, 6.45) is -1.24. The summed E-state index contributed by atoms with van der Waals surface area (Å²) in [5.74, 6) is -3.03. The second-order valence-corrected chi connectivity index (χ2v) is 7.30. The SMILES string of the molecule is [2H][13C]([2H])([2H])Oc1cccc2c1C(=O)c1c(O)c3c(c(O)c1C2=O)C[C@](O)(C(C)O)CC3. The summed E-state index contributed by atoms with van der Waals surface area (Å²) in [6, 6.07) is 3.88. The Morgan fingerprint density at radius 2 is 1.79 bits per heavy atom. The van der Waals surface area contributed by atoms with Crippen molar-refractivity contribution >= 4 is 11.6 Å². The van der Waals surface area contributed by atoms with Crippen molar-refractivity contribution in [3.63, 3.8) is 0 Å². The molecule has 2 aromatic rings. The first-order valence-electron chi connectivity index (χ1n) is 10.3. The minimum atomic E-state index is -2.87. The van der Waals surface area contributed by atoms with Gasteiger partial charge in [-0.25, -0.2) is 0 Å². The van der Waals surface area contributed by atoms with Gasteiger partial charge in [0.25, 0.3) is 0 Å². The van der Waals surface area contributed by atoms with Gasteiger partial charge in [-0.05, 0) is 25.8 Å². The van der Waals surface area contributed by atoms with Crippen molar-refractivity contribution in [1.82, 2.24) is 0 Å². The number of aliphatic hydroxyl groups excluding tert-OH is 1. The number of phenolic OH excluding ortho intramolecular Hbond substituents is 2. The maximum absolute atomic E-state index is 13.3. The molecule has 146 valence electrons. The largest absolute Gasteiger partial charge is 0.507 e. The lowest BCUT2D eigenvalue weighted by Crippen LogP contribution is -2.45. The van der Waals surface area contributed by atoms with E-state index in [4.69, 9.17) is 8.85 Å². The first kappa shape index (κ1) is 15.1. The number of hydrogen-bond acceptors (Lipinski definition) is 7. The Morgan fingerprint density at radius 3 is 2.46 bits per heavy atom. The molecular formula is C21H20O7. The van der Waals surface area contributed by atoms with Crippen molar-refractivity contribution in [3.8, 4) is 17.2 Å². The Balaban J connectivity index is 1.94. The molecule has 7 nitrogen and oxygen atoms in total. The van der Waals surface area contributed by atoms with Gasteiger partial charge in [-0.1, -0.05) is 12.1 Å². The Kier molecular flexibility index (Phi) is 3.26. The molecule has 4 rings (SSSR count). The number of carbonyl (C=O) groups excluding carboxylic acids is 2. The Labute approximate surface area is 165 Å². The van der Waals surface area contributed by atoms with Crippen molar-refractivity contribution in [3.05, 3.63) is 51.6 Å². The summed E-state index contributed by atoms with van der Waals surface area (Å²) >= 11 is 0. The second-order valence-electron chi connectivity index (χ2n) is 7.30. The summed E-state index contributed by atoms with van der Waals surface area (Å²) in [6.45, 7) is 1.40. The summed E-state index contributed by atoms with van der Waals surface area (Å²) in [5, 5.41) is 42.4. The van der Waals surface area contributed by atoms with Gasteiger partial charge in [0.1, 0.15) is 17.2 Å². The Hall–Kier alpha value is -2.90. The topological polar surface area (TPSA) is 124 Å². The van der Waals surface area contributed by atoms with Crippen LogP contribution in [0, 0.1) is 0 Å². The van der Waals surface area contributed by atoms with E-state index in [0.717, 1.165) is 0 Å². The van der Waals surface area contributed by atoms with E-state index in [1.165, 1.54) is 25.1 Å². The van der Waals surface area contributed by atoms with E-state index in [1.54, 1.807) is 0 Å². The van der Waals surface area contributed by atoms with Crippen LogP contribution in [0.4, 0.5) is 0 Å². The molecule has 0 aliphatic heterocycles. The number of rotatable bonds is 2. The molecule has 28 heavy (non-hydrogen) atoms. The number of hydrogen-bond donors (Lipinski definition) is 4. The average molecular weight is 388 g/mol. The predicted octanol–water partition coefficient (Wildman–Crippen LogP) is 1.48. The maximum Gasteiger partial charge on any atom is 0.202 e. The van der Waals surface area contributed by atoms with Crippen LogP contribution in [0.1, 0.15) is 60.4 Å². The molecule has 1 unspecified atom stereocenters. The van der Waals surface area contributed by atoms with Gasteiger partial charge in [-0.15, -0.1) is 0 Å². The molecule has 0 fully saturated rings. The average Bonchev–Trinajstić information content (AvgIpc) is 2.67. The highest BCUT2D eigenvalue weighted by atomic mass is 16.5. The minimum absolute atomic E-state index is 0.0468. The molecule has 0 radical (unpaired) electrons. The molecule has 0 saturated carbocycles. The van der Waals surface area contributed by atoms with Crippen molar-refractivity contribution in [2.24, 2.45) is 0 Å². The van der Waals surface area contributed by atoms with E-state index in [0.29, 0.717) is 0 Å². The van der Waals surface area contributed by atoms with Gasteiger partial charge >= 0.3 is 0 Å². The first-order valence-corrected chi connectivity index (χ1v) is 8.77. The van der Waals surface area contributed by atoms with Gasteiger partial charge in [0.2, 0.25) is 5.78 Å². The monoisotopic (exact) mass is 388 g/mol. The highest BCUT2D eigenvalue weighted by molar-refractivity contribution is 6.31. The number of methoxy groups -OCH3 is 1. The van der Waals surface area contributed by atoms with E-state index < -0.39 is 52.9 Å². The zero-order valence-corrected chi connectivity index (χ0v) is 14.9. The van der Waals surface area contributed by atoms with Crippen LogP contribution < -0.4 is 4.74 Å². The van der Waals surface area contributed by atoms with Crippen molar-refractivity contribution in [1.29, 1.82) is 0 Å². The third kappa shape index (κ3) is 2.30. The van der Waals surface area contributed by atoms with Gasteiger partial charge < -0.3 is 25.2 Å². The fraction of sp³-hybridized carbons (Fsp3) is 0.333. The fourth-order valence-corrected chi connectivity index (χ4v) is 4.12. The standard InChI is InChI=1S/C21H20O7/c1-9(22)21(27)7-6-10-12(8-21)19(25)15-16(17(10)23)20(26)14-11(18(15)24)4-3-5-13(14)28-2/h3-5,9,22-23,25,27H,6-8H2,1-2H3/t9?,21-/m0/s1/i2+1D3. The van der Waals surface area contributed by atoms with Crippen LogP contribution >= 0.6 is 0 Å². The fourth-order valence-electron chi connectivity index (χ4n) is 4.12. The van der Waals surface area contributed by atoms with E-state index in [2.05, 4.69) is 0 Å². The Bertz CT molecular complexity index is 1140. The third-order valence-electron chi connectivity index (χ3n) is 5.79. The molecule has 7 heteroatoms. The van der Waals surface area contributed by atoms with Crippen LogP contribution in [-0.4, -0.2) is 50.7 Å². The molecule has 0 heterocycles. The molecule has 2 aliphatic carbocycles. The van der Waals surface area contributed by atoms with Crippen LogP contribution in [0.2, 0.25) is 0 Å². The minimum Gasteiger partial charge on any atom is -0.507 e. The lowest BCUT2D eigenvalue weighted by molar-refractivity contribution is -0.0748. The van der Waals surface area contributed by atoms with E-state index in [9.17, 15) is 30.0 Å². The maximum atomic E-state index is 13.3. The van der Waals surface area contributed by atoms with Crippen LogP contribution in [0.5, 0.6) is 17.2 Å². The normalized spacial score (nSPS) is 23.6. The predicted molar refractivity (Wildman–Crippen MR) is 98.3 cm³/mol. The summed E-state index contributed by atoms with van der Waals surface area (Å²) in [5.41, 5.74) is -2.61. The molecule has 0 saturated heterocycles. The smallest absolute Gasteiger partial charge is 0.202 e. The van der Waals surface area contributed by atoms with E-state index in [1.807, 2.05) is 0 Å².